The zero-order valence-electron chi connectivity index (χ0n) is 15.3. The highest BCUT2D eigenvalue weighted by atomic mass is 19.4. The van der Waals surface area contributed by atoms with E-state index in [0.717, 1.165) is 31.4 Å². The Kier molecular flexibility index (Phi) is 6.03. The molecule has 0 bridgehead atoms. The molecule has 2 aromatic rings. The van der Waals surface area contributed by atoms with Gasteiger partial charge in [0.25, 0.3) is 5.91 Å². The van der Waals surface area contributed by atoms with E-state index in [1.807, 2.05) is 0 Å². The number of amides is 1. The normalized spacial score (nSPS) is 18.9. The van der Waals surface area contributed by atoms with Gasteiger partial charge in [-0.25, -0.2) is 4.98 Å². The summed E-state index contributed by atoms with van der Waals surface area (Å²) in [6, 6.07) is 7.53. The quantitative estimate of drug-likeness (QED) is 0.704. The highest BCUT2D eigenvalue weighted by Crippen LogP contribution is 2.33. The largest absolute Gasteiger partial charge is 0.417 e. The van der Waals surface area contributed by atoms with Crippen LogP contribution in [0, 0.1) is 17.2 Å². The van der Waals surface area contributed by atoms with Crippen molar-refractivity contribution in [3.63, 3.8) is 0 Å². The Bertz CT molecular complexity index is 940. The maximum absolute atomic E-state index is 13.1. The van der Waals surface area contributed by atoms with E-state index < -0.39 is 29.3 Å². The third-order valence-electron chi connectivity index (χ3n) is 4.91. The van der Waals surface area contributed by atoms with Gasteiger partial charge in [0.05, 0.1) is 28.9 Å². The summed E-state index contributed by atoms with van der Waals surface area (Å²) in [6.07, 6.45) is -1.08. The molecule has 0 spiro atoms. The summed E-state index contributed by atoms with van der Waals surface area (Å²) in [5.74, 6) is -0.292. The summed E-state index contributed by atoms with van der Waals surface area (Å²) >= 11 is 0. The molecule has 1 saturated carbocycles. The minimum atomic E-state index is -4.71. The molecule has 1 heterocycles. The lowest BCUT2D eigenvalue weighted by Gasteiger charge is -2.17. The van der Waals surface area contributed by atoms with Gasteiger partial charge in [0.15, 0.2) is 0 Å². The minimum absolute atomic E-state index is 0.0563. The second-order valence-corrected chi connectivity index (χ2v) is 6.86. The van der Waals surface area contributed by atoms with Crippen LogP contribution in [0.25, 0.3) is 0 Å². The van der Waals surface area contributed by atoms with Crippen LogP contribution in [0.5, 0.6) is 0 Å². The van der Waals surface area contributed by atoms with Gasteiger partial charge in [0.1, 0.15) is 5.82 Å². The van der Waals surface area contributed by atoms with Gasteiger partial charge in [-0.15, -0.1) is 0 Å². The second kappa shape index (κ2) is 8.49. The molecule has 2 atom stereocenters. The van der Waals surface area contributed by atoms with Crippen molar-refractivity contribution in [1.82, 2.24) is 4.98 Å². The van der Waals surface area contributed by atoms with Crippen molar-refractivity contribution in [1.29, 1.82) is 5.26 Å². The van der Waals surface area contributed by atoms with Gasteiger partial charge in [-0.1, -0.05) is 6.42 Å². The summed E-state index contributed by atoms with van der Waals surface area (Å²) < 4.78 is 39.3. The number of hydrogen-bond donors (Lipinski definition) is 3. The smallest absolute Gasteiger partial charge is 0.393 e. The van der Waals surface area contributed by atoms with Gasteiger partial charge in [0, 0.05) is 24.3 Å². The number of nitrogens with one attached hydrogen (secondary N) is 2. The van der Waals surface area contributed by atoms with E-state index in [9.17, 15) is 23.1 Å². The number of rotatable bonds is 5. The van der Waals surface area contributed by atoms with Crippen LogP contribution in [0.2, 0.25) is 0 Å². The van der Waals surface area contributed by atoms with Crippen molar-refractivity contribution in [2.45, 2.75) is 31.5 Å². The summed E-state index contributed by atoms with van der Waals surface area (Å²) in [7, 11) is 0. The molecule has 0 radical (unpaired) electrons. The number of alkyl halides is 3. The molecule has 1 aliphatic carbocycles. The van der Waals surface area contributed by atoms with Gasteiger partial charge >= 0.3 is 6.18 Å². The highest BCUT2D eigenvalue weighted by Gasteiger charge is 2.34. The fraction of sp³-hybridized carbons (Fsp3) is 0.350. The number of benzene rings is 1. The number of carbonyl (C=O) groups is 1. The third-order valence-corrected chi connectivity index (χ3v) is 4.91. The molecule has 1 aliphatic rings. The van der Waals surface area contributed by atoms with Crippen molar-refractivity contribution in [2.24, 2.45) is 5.92 Å². The van der Waals surface area contributed by atoms with E-state index in [0.29, 0.717) is 6.54 Å². The molecular formula is C20H19F3N4O2. The first-order valence-electron chi connectivity index (χ1n) is 9.09. The van der Waals surface area contributed by atoms with Gasteiger partial charge in [0.2, 0.25) is 0 Å². The summed E-state index contributed by atoms with van der Waals surface area (Å²) in [5.41, 5.74) is -1.55. The molecule has 9 heteroatoms. The van der Waals surface area contributed by atoms with E-state index in [4.69, 9.17) is 5.26 Å². The predicted octanol–water partition coefficient (Wildman–Crippen LogP) is 3.80. The maximum atomic E-state index is 13.1. The number of carbonyl (C=O) groups excluding carboxylic acids is 1. The lowest BCUT2D eigenvalue weighted by Crippen LogP contribution is -2.24. The van der Waals surface area contributed by atoms with Gasteiger partial charge < -0.3 is 15.7 Å². The van der Waals surface area contributed by atoms with Gasteiger partial charge in [-0.2, -0.15) is 18.4 Å². The molecule has 3 rings (SSSR count). The number of aliphatic hydroxyl groups excluding tert-OH is 1. The summed E-state index contributed by atoms with van der Waals surface area (Å²) in [5, 5.41) is 24.3. The van der Waals surface area contributed by atoms with Crippen molar-refractivity contribution in [3.8, 4) is 6.07 Å². The van der Waals surface area contributed by atoms with Crippen LogP contribution in [-0.4, -0.2) is 28.6 Å². The lowest BCUT2D eigenvalue weighted by atomic mass is 10.1. The topological polar surface area (TPSA) is 98.0 Å². The molecule has 6 nitrogen and oxygen atoms in total. The highest BCUT2D eigenvalue weighted by molar-refractivity contribution is 6.07. The number of nitriles is 1. The molecule has 152 valence electrons. The van der Waals surface area contributed by atoms with E-state index >= 15 is 0 Å². The Hall–Kier alpha value is -3.12. The minimum Gasteiger partial charge on any atom is -0.393 e. The van der Waals surface area contributed by atoms with Crippen molar-refractivity contribution in [3.05, 3.63) is 53.2 Å². The van der Waals surface area contributed by atoms with Crippen LogP contribution in [0.1, 0.15) is 40.7 Å². The van der Waals surface area contributed by atoms with E-state index in [1.54, 1.807) is 6.07 Å². The predicted molar refractivity (Wildman–Crippen MR) is 100 cm³/mol. The number of halogens is 3. The van der Waals surface area contributed by atoms with E-state index in [1.165, 1.54) is 24.4 Å². The molecule has 1 aromatic carbocycles. The number of pyridine rings is 1. The lowest BCUT2D eigenvalue weighted by molar-refractivity contribution is -0.137. The summed E-state index contributed by atoms with van der Waals surface area (Å²) in [6.45, 7) is 0.438. The van der Waals surface area contributed by atoms with Crippen molar-refractivity contribution < 1.29 is 23.1 Å². The Balaban J connectivity index is 1.77. The molecule has 29 heavy (non-hydrogen) atoms. The maximum Gasteiger partial charge on any atom is 0.417 e. The zero-order valence-corrected chi connectivity index (χ0v) is 15.3. The average molecular weight is 404 g/mol. The van der Waals surface area contributed by atoms with E-state index in [-0.39, 0.29) is 23.0 Å². The number of nitrogens with zero attached hydrogens (tertiary/aromatic N) is 2. The molecule has 0 aliphatic heterocycles. The first kappa shape index (κ1) is 20.6. The van der Waals surface area contributed by atoms with Crippen LogP contribution in [-0.2, 0) is 6.18 Å². The first-order valence-corrected chi connectivity index (χ1v) is 9.09. The monoisotopic (exact) mass is 404 g/mol. The first-order chi connectivity index (χ1) is 13.8. The zero-order chi connectivity index (χ0) is 21.0. The molecule has 1 aromatic heterocycles. The summed E-state index contributed by atoms with van der Waals surface area (Å²) in [4.78, 5) is 16.8. The fourth-order valence-electron chi connectivity index (χ4n) is 3.36. The number of hydrogen-bond acceptors (Lipinski definition) is 5. The van der Waals surface area contributed by atoms with Crippen LogP contribution >= 0.6 is 0 Å². The number of anilines is 2. The molecule has 1 fully saturated rings. The number of aromatic nitrogens is 1. The Morgan fingerprint density at radius 1 is 1.31 bits per heavy atom. The van der Waals surface area contributed by atoms with Gasteiger partial charge in [-0.05, 0) is 43.2 Å². The Morgan fingerprint density at radius 3 is 2.76 bits per heavy atom. The fourth-order valence-corrected chi connectivity index (χ4v) is 3.36. The molecule has 0 saturated heterocycles. The molecular weight excluding hydrogens is 385 g/mol. The third kappa shape index (κ3) is 4.84. The van der Waals surface area contributed by atoms with Gasteiger partial charge in [-0.3, -0.25) is 4.79 Å². The average Bonchev–Trinajstić information content (AvgIpc) is 3.10. The molecule has 3 N–H and O–H groups in total. The van der Waals surface area contributed by atoms with Crippen LogP contribution in [0.4, 0.5) is 24.7 Å². The van der Waals surface area contributed by atoms with Crippen LogP contribution in [0.15, 0.2) is 36.5 Å². The number of aliphatic hydroxyl groups is 1. The van der Waals surface area contributed by atoms with Crippen LogP contribution < -0.4 is 10.6 Å². The van der Waals surface area contributed by atoms with Crippen molar-refractivity contribution >= 4 is 17.4 Å². The van der Waals surface area contributed by atoms with Crippen LogP contribution in [0.3, 0.4) is 0 Å². The second-order valence-electron chi connectivity index (χ2n) is 6.86. The van der Waals surface area contributed by atoms with Crippen molar-refractivity contribution in [2.75, 3.05) is 17.2 Å². The Labute approximate surface area is 165 Å². The molecule has 2 unspecified atom stereocenters. The Morgan fingerprint density at radius 2 is 2.10 bits per heavy atom. The standard InChI is InChI=1S/C20H19F3N4O2/c21-20(22,23)16-9-14(7-6-12(16)10-24)27-19(29)15-4-2-8-25-18(15)26-11-13-3-1-5-17(13)28/h2,4,6-9,13,17,28H,1,3,5,11H2,(H,25,26)(H,27,29). The molecule has 1 amide bonds. The SMILES string of the molecule is N#Cc1ccc(NC(=O)c2cccnc2NCC2CCCC2O)cc1C(F)(F)F. The van der Waals surface area contributed by atoms with E-state index in [2.05, 4.69) is 15.6 Å².